The molecule has 0 spiro atoms. The van der Waals surface area contributed by atoms with E-state index in [9.17, 15) is 0 Å². The van der Waals surface area contributed by atoms with Gasteiger partial charge in [-0.2, -0.15) is 0 Å². The molecule has 0 aliphatic carbocycles. The maximum atomic E-state index is 5.55. The van der Waals surface area contributed by atoms with E-state index in [0.29, 0.717) is 12.1 Å². The third-order valence-electron chi connectivity index (χ3n) is 3.77. The Morgan fingerprint density at radius 1 is 1.40 bits per heavy atom. The summed E-state index contributed by atoms with van der Waals surface area (Å²) in [6, 6.07) is 0.595. The fourth-order valence-corrected chi connectivity index (χ4v) is 2.76. The highest BCUT2D eigenvalue weighted by molar-refractivity contribution is 4.81. The summed E-state index contributed by atoms with van der Waals surface area (Å²) in [5.74, 6) is 0.844. The number of rotatable bonds is 3. The van der Waals surface area contributed by atoms with Crippen LogP contribution in [0.3, 0.4) is 0 Å². The SMILES string of the molecule is CC1OCCC1NCC1CCCN(C)C1. The zero-order valence-electron chi connectivity index (χ0n) is 10.0. The van der Waals surface area contributed by atoms with Crippen molar-refractivity contribution in [2.24, 2.45) is 5.92 Å². The van der Waals surface area contributed by atoms with Crippen LogP contribution >= 0.6 is 0 Å². The Balaban J connectivity index is 1.68. The standard InChI is InChI=1S/C12H24N2O/c1-10-12(5-7-15-10)13-8-11-4-3-6-14(2)9-11/h10-13H,3-9H2,1-2H3. The average Bonchev–Trinajstić information content (AvgIpc) is 2.61. The van der Waals surface area contributed by atoms with Gasteiger partial charge in [-0.3, -0.25) is 0 Å². The topological polar surface area (TPSA) is 24.5 Å². The van der Waals surface area contributed by atoms with E-state index < -0.39 is 0 Å². The molecule has 88 valence electrons. The number of likely N-dealkylation sites (tertiary alicyclic amines) is 1. The fourth-order valence-electron chi connectivity index (χ4n) is 2.76. The van der Waals surface area contributed by atoms with Crippen LogP contribution in [0.15, 0.2) is 0 Å². The lowest BCUT2D eigenvalue weighted by molar-refractivity contribution is 0.110. The lowest BCUT2D eigenvalue weighted by atomic mass is 9.98. The summed E-state index contributed by atoms with van der Waals surface area (Å²) in [5, 5.41) is 3.67. The Labute approximate surface area is 93.2 Å². The molecule has 3 heteroatoms. The summed E-state index contributed by atoms with van der Waals surface area (Å²) >= 11 is 0. The van der Waals surface area contributed by atoms with Crippen molar-refractivity contribution >= 4 is 0 Å². The Morgan fingerprint density at radius 2 is 2.27 bits per heavy atom. The molecule has 0 aromatic heterocycles. The number of hydrogen-bond donors (Lipinski definition) is 1. The highest BCUT2D eigenvalue weighted by Gasteiger charge is 2.25. The third-order valence-corrected chi connectivity index (χ3v) is 3.77. The molecule has 2 saturated heterocycles. The van der Waals surface area contributed by atoms with Crippen molar-refractivity contribution in [2.75, 3.05) is 33.3 Å². The summed E-state index contributed by atoms with van der Waals surface area (Å²) in [5.41, 5.74) is 0. The lowest BCUT2D eigenvalue weighted by Gasteiger charge is -2.31. The van der Waals surface area contributed by atoms with Crippen LogP contribution in [-0.2, 0) is 4.74 Å². The minimum absolute atomic E-state index is 0.409. The minimum Gasteiger partial charge on any atom is -0.377 e. The fraction of sp³-hybridized carbons (Fsp3) is 1.00. The molecule has 3 nitrogen and oxygen atoms in total. The summed E-state index contributed by atoms with van der Waals surface area (Å²) < 4.78 is 5.55. The maximum Gasteiger partial charge on any atom is 0.0700 e. The summed E-state index contributed by atoms with van der Waals surface area (Å²) in [6.45, 7) is 6.82. The van der Waals surface area contributed by atoms with Gasteiger partial charge >= 0.3 is 0 Å². The van der Waals surface area contributed by atoms with Crippen LogP contribution in [0.5, 0.6) is 0 Å². The van der Waals surface area contributed by atoms with Crippen molar-refractivity contribution < 1.29 is 4.74 Å². The summed E-state index contributed by atoms with van der Waals surface area (Å²) in [4.78, 5) is 2.45. The predicted molar refractivity (Wildman–Crippen MR) is 62.0 cm³/mol. The smallest absolute Gasteiger partial charge is 0.0700 e. The molecule has 2 rings (SSSR count). The zero-order chi connectivity index (χ0) is 10.7. The second-order valence-corrected chi connectivity index (χ2v) is 5.15. The van der Waals surface area contributed by atoms with Crippen LogP contribution in [0.2, 0.25) is 0 Å². The van der Waals surface area contributed by atoms with Gasteiger partial charge in [-0.15, -0.1) is 0 Å². The molecular formula is C12H24N2O. The van der Waals surface area contributed by atoms with Gasteiger partial charge in [-0.1, -0.05) is 0 Å². The monoisotopic (exact) mass is 212 g/mol. The number of hydrogen-bond acceptors (Lipinski definition) is 3. The molecule has 0 saturated carbocycles. The van der Waals surface area contributed by atoms with Crippen molar-refractivity contribution in [3.8, 4) is 0 Å². The van der Waals surface area contributed by atoms with Gasteiger partial charge in [0.2, 0.25) is 0 Å². The average molecular weight is 212 g/mol. The van der Waals surface area contributed by atoms with Gasteiger partial charge in [-0.25, -0.2) is 0 Å². The summed E-state index contributed by atoms with van der Waals surface area (Å²) in [6.07, 6.45) is 4.34. The quantitative estimate of drug-likeness (QED) is 0.758. The lowest BCUT2D eigenvalue weighted by Crippen LogP contribution is -2.42. The first kappa shape index (κ1) is 11.4. The molecule has 0 aromatic carbocycles. The Hall–Kier alpha value is -0.120. The van der Waals surface area contributed by atoms with E-state index in [4.69, 9.17) is 4.74 Å². The molecule has 0 amide bonds. The van der Waals surface area contributed by atoms with Crippen molar-refractivity contribution in [3.05, 3.63) is 0 Å². The first-order chi connectivity index (χ1) is 7.25. The molecule has 15 heavy (non-hydrogen) atoms. The van der Waals surface area contributed by atoms with E-state index in [2.05, 4.69) is 24.2 Å². The number of nitrogens with zero attached hydrogens (tertiary/aromatic N) is 1. The van der Waals surface area contributed by atoms with E-state index in [1.54, 1.807) is 0 Å². The second-order valence-electron chi connectivity index (χ2n) is 5.15. The van der Waals surface area contributed by atoms with Gasteiger partial charge in [-0.05, 0) is 52.2 Å². The van der Waals surface area contributed by atoms with E-state index in [1.807, 2.05) is 0 Å². The molecule has 3 atom stereocenters. The molecule has 0 bridgehead atoms. The van der Waals surface area contributed by atoms with Crippen LogP contribution in [0.4, 0.5) is 0 Å². The zero-order valence-corrected chi connectivity index (χ0v) is 10.0. The third kappa shape index (κ3) is 3.16. The van der Waals surface area contributed by atoms with E-state index in [1.165, 1.54) is 38.9 Å². The summed E-state index contributed by atoms with van der Waals surface area (Å²) in [7, 11) is 2.23. The predicted octanol–water partition coefficient (Wildman–Crippen LogP) is 1.10. The van der Waals surface area contributed by atoms with E-state index >= 15 is 0 Å². The number of nitrogens with one attached hydrogen (secondary N) is 1. The first-order valence-electron chi connectivity index (χ1n) is 6.29. The van der Waals surface area contributed by atoms with E-state index in [-0.39, 0.29) is 0 Å². The number of piperidine rings is 1. The maximum absolute atomic E-state index is 5.55. The van der Waals surface area contributed by atoms with Gasteiger partial charge in [0.05, 0.1) is 6.10 Å². The van der Waals surface area contributed by atoms with Crippen molar-refractivity contribution in [1.82, 2.24) is 10.2 Å². The largest absolute Gasteiger partial charge is 0.377 e. The van der Waals surface area contributed by atoms with Crippen molar-refractivity contribution in [2.45, 2.75) is 38.3 Å². The van der Waals surface area contributed by atoms with Crippen LogP contribution in [-0.4, -0.2) is 50.3 Å². The molecule has 2 heterocycles. The molecule has 2 aliphatic heterocycles. The van der Waals surface area contributed by atoms with Crippen molar-refractivity contribution in [3.63, 3.8) is 0 Å². The molecule has 1 N–H and O–H groups in total. The van der Waals surface area contributed by atoms with Crippen molar-refractivity contribution in [1.29, 1.82) is 0 Å². The van der Waals surface area contributed by atoms with Crippen LogP contribution in [0.25, 0.3) is 0 Å². The highest BCUT2D eigenvalue weighted by atomic mass is 16.5. The minimum atomic E-state index is 0.409. The molecule has 0 aromatic rings. The van der Waals surface area contributed by atoms with Crippen LogP contribution < -0.4 is 5.32 Å². The Kier molecular flexibility index (Phi) is 4.00. The molecular weight excluding hydrogens is 188 g/mol. The highest BCUT2D eigenvalue weighted by Crippen LogP contribution is 2.16. The van der Waals surface area contributed by atoms with E-state index in [0.717, 1.165) is 12.5 Å². The molecule has 2 fully saturated rings. The van der Waals surface area contributed by atoms with Gasteiger partial charge in [0.1, 0.15) is 0 Å². The number of ether oxygens (including phenoxy) is 1. The van der Waals surface area contributed by atoms with Gasteiger partial charge < -0.3 is 15.0 Å². The first-order valence-corrected chi connectivity index (χ1v) is 6.29. The van der Waals surface area contributed by atoms with Crippen LogP contribution in [0, 0.1) is 5.92 Å². The normalized spacial score (nSPS) is 38.4. The Morgan fingerprint density at radius 3 is 2.93 bits per heavy atom. The van der Waals surface area contributed by atoms with Gasteiger partial charge in [0.15, 0.2) is 0 Å². The molecule has 0 radical (unpaired) electrons. The molecule has 2 aliphatic rings. The van der Waals surface area contributed by atoms with Crippen LogP contribution in [0.1, 0.15) is 26.2 Å². The van der Waals surface area contributed by atoms with Gasteiger partial charge in [0, 0.05) is 19.2 Å². The Bertz CT molecular complexity index is 198. The second kappa shape index (κ2) is 5.28. The molecule has 3 unspecified atom stereocenters. The van der Waals surface area contributed by atoms with Gasteiger partial charge in [0.25, 0.3) is 0 Å².